The van der Waals surface area contributed by atoms with Crippen molar-refractivity contribution in [3.05, 3.63) is 59.6 Å². The van der Waals surface area contributed by atoms with Crippen molar-refractivity contribution in [2.75, 3.05) is 11.9 Å². The summed E-state index contributed by atoms with van der Waals surface area (Å²) >= 11 is 0. The molecule has 1 heterocycles. The number of nitrogens with one attached hydrogen (secondary N) is 3. The van der Waals surface area contributed by atoms with E-state index >= 15 is 0 Å². The molecule has 6 nitrogen and oxygen atoms in total. The first-order valence-electron chi connectivity index (χ1n) is 9.79. The van der Waals surface area contributed by atoms with Gasteiger partial charge in [-0.15, -0.1) is 4.91 Å². The molecule has 28 heavy (non-hydrogen) atoms. The first-order valence-corrected chi connectivity index (χ1v) is 9.79. The first kappa shape index (κ1) is 19.6. The average Bonchev–Trinajstić information content (AvgIpc) is 3.18. The molecule has 3 N–H and O–H groups in total. The van der Waals surface area contributed by atoms with Crippen LogP contribution in [0.3, 0.4) is 0 Å². The molecule has 0 spiro atoms. The molecule has 0 aliphatic carbocycles. The highest BCUT2D eigenvalue weighted by Gasteiger charge is 2.02. The van der Waals surface area contributed by atoms with Crippen molar-refractivity contribution in [3.8, 4) is 11.1 Å². The fourth-order valence-electron chi connectivity index (χ4n) is 3.29. The van der Waals surface area contributed by atoms with Crippen molar-refractivity contribution < 1.29 is 4.79 Å². The largest absolute Gasteiger partial charge is 0.385 e. The molecule has 3 rings (SSSR count). The monoisotopic (exact) mass is 378 g/mol. The second-order valence-corrected chi connectivity index (χ2v) is 6.93. The van der Waals surface area contributed by atoms with Gasteiger partial charge in [-0.1, -0.05) is 43.5 Å². The van der Waals surface area contributed by atoms with Gasteiger partial charge in [0.2, 0.25) is 5.91 Å². The molecule has 146 valence electrons. The van der Waals surface area contributed by atoms with E-state index in [-0.39, 0.29) is 5.91 Å². The summed E-state index contributed by atoms with van der Waals surface area (Å²) in [5.41, 5.74) is 6.61. The second-order valence-electron chi connectivity index (χ2n) is 6.93. The van der Waals surface area contributed by atoms with Crippen LogP contribution in [0.4, 0.5) is 5.69 Å². The van der Waals surface area contributed by atoms with Crippen molar-refractivity contribution >= 4 is 22.5 Å². The molecule has 0 unspecified atom stereocenters. The molecule has 0 aliphatic rings. The third-order valence-corrected chi connectivity index (χ3v) is 4.85. The minimum Gasteiger partial charge on any atom is -0.385 e. The van der Waals surface area contributed by atoms with Crippen molar-refractivity contribution in [3.63, 3.8) is 0 Å². The topological polar surface area (TPSA) is 86.3 Å². The highest BCUT2D eigenvalue weighted by atomic mass is 16.3. The molecule has 0 fully saturated rings. The van der Waals surface area contributed by atoms with Crippen LogP contribution in [0.1, 0.15) is 38.5 Å². The van der Waals surface area contributed by atoms with Crippen molar-refractivity contribution in [2.45, 2.75) is 38.5 Å². The summed E-state index contributed by atoms with van der Waals surface area (Å²) in [6.07, 6.45) is 7.42. The standard InChI is InChI=1S/C22H26N4O2/c27-22(25-26-28)6-4-2-1-3-5-14-23-20-11-9-17(10-12-20)19-8-7-18-13-15-24-21(18)16-19/h7-13,15-16,23-24H,1-6,14H2,(H,25,27,28). The molecular formula is C22H26N4O2. The van der Waals surface area contributed by atoms with Gasteiger partial charge >= 0.3 is 0 Å². The highest BCUT2D eigenvalue weighted by Crippen LogP contribution is 2.25. The number of fused-ring (bicyclic) bond motifs is 1. The number of nitrogens with zero attached hydrogens (tertiary/aromatic N) is 1. The summed E-state index contributed by atoms with van der Waals surface area (Å²) in [5.74, 6) is -0.298. The van der Waals surface area contributed by atoms with E-state index in [9.17, 15) is 9.70 Å². The van der Waals surface area contributed by atoms with Crippen LogP contribution >= 0.6 is 0 Å². The van der Waals surface area contributed by atoms with Crippen LogP contribution in [0.5, 0.6) is 0 Å². The number of unbranched alkanes of at least 4 members (excludes halogenated alkanes) is 4. The van der Waals surface area contributed by atoms with Crippen molar-refractivity contribution in [2.24, 2.45) is 5.29 Å². The van der Waals surface area contributed by atoms with Crippen LogP contribution < -0.4 is 10.7 Å². The van der Waals surface area contributed by atoms with Gasteiger partial charge in [0.25, 0.3) is 0 Å². The second kappa shape index (κ2) is 10.3. The van der Waals surface area contributed by atoms with E-state index in [4.69, 9.17) is 0 Å². The van der Waals surface area contributed by atoms with Crippen LogP contribution in [0, 0.1) is 4.91 Å². The van der Waals surface area contributed by atoms with Crippen LogP contribution in [-0.2, 0) is 4.79 Å². The van der Waals surface area contributed by atoms with Gasteiger partial charge < -0.3 is 10.3 Å². The van der Waals surface area contributed by atoms with Gasteiger partial charge in [-0.25, -0.2) is 5.43 Å². The molecule has 0 saturated carbocycles. The summed E-state index contributed by atoms with van der Waals surface area (Å²) in [4.78, 5) is 24.2. The summed E-state index contributed by atoms with van der Waals surface area (Å²) in [5, 5.41) is 7.06. The molecule has 6 heteroatoms. The zero-order chi connectivity index (χ0) is 19.6. The lowest BCUT2D eigenvalue weighted by Crippen LogP contribution is -2.15. The normalized spacial score (nSPS) is 10.7. The van der Waals surface area contributed by atoms with E-state index in [1.54, 1.807) is 0 Å². The number of aromatic nitrogens is 1. The van der Waals surface area contributed by atoms with E-state index in [2.05, 4.69) is 64.1 Å². The minimum atomic E-state index is -0.298. The number of anilines is 1. The smallest absolute Gasteiger partial charge is 0.242 e. The number of hydrogen-bond acceptors (Lipinski definition) is 4. The van der Waals surface area contributed by atoms with Gasteiger partial charge in [0.1, 0.15) is 0 Å². The predicted octanol–water partition coefficient (Wildman–Crippen LogP) is 5.39. The Morgan fingerprint density at radius 3 is 2.46 bits per heavy atom. The molecule has 1 amide bonds. The summed E-state index contributed by atoms with van der Waals surface area (Å²) in [6.45, 7) is 0.934. The average molecular weight is 378 g/mol. The molecule has 0 radical (unpaired) electrons. The van der Waals surface area contributed by atoms with E-state index < -0.39 is 0 Å². The SMILES string of the molecule is O=NNC(=O)CCCCCCCNc1ccc(-c2ccc3cc[nH]c3c2)cc1. The fraction of sp³-hybridized carbons (Fsp3) is 0.318. The first-order chi connectivity index (χ1) is 13.8. The van der Waals surface area contributed by atoms with Crippen molar-refractivity contribution in [1.29, 1.82) is 0 Å². The molecule has 1 aromatic heterocycles. The van der Waals surface area contributed by atoms with Gasteiger partial charge in [0.05, 0.1) is 5.29 Å². The Bertz CT molecular complexity index is 902. The maximum absolute atomic E-state index is 11.1. The maximum Gasteiger partial charge on any atom is 0.242 e. The van der Waals surface area contributed by atoms with E-state index in [1.807, 2.05) is 11.6 Å². The van der Waals surface area contributed by atoms with Crippen molar-refractivity contribution in [1.82, 2.24) is 10.4 Å². The number of benzene rings is 2. The molecule has 3 aromatic rings. The molecule has 0 saturated heterocycles. The number of rotatable bonds is 11. The number of nitroso groups, excluding NO2 is 1. The molecule has 0 aliphatic heterocycles. The van der Waals surface area contributed by atoms with Crippen LogP contribution in [0.15, 0.2) is 60.0 Å². The number of carbonyl (C=O) groups is 1. The Morgan fingerprint density at radius 2 is 1.64 bits per heavy atom. The fourth-order valence-corrected chi connectivity index (χ4v) is 3.29. The van der Waals surface area contributed by atoms with Crippen LogP contribution in [-0.4, -0.2) is 17.4 Å². The Balaban J connectivity index is 1.34. The number of aromatic amines is 1. The molecular weight excluding hydrogens is 352 g/mol. The van der Waals surface area contributed by atoms with E-state index in [0.29, 0.717) is 6.42 Å². The summed E-state index contributed by atoms with van der Waals surface area (Å²) < 4.78 is 0. The zero-order valence-electron chi connectivity index (χ0n) is 15.9. The van der Waals surface area contributed by atoms with E-state index in [0.717, 1.165) is 49.9 Å². The number of H-pyrrole nitrogens is 1. The third kappa shape index (κ3) is 5.67. The number of amides is 1. The molecule has 0 bridgehead atoms. The zero-order valence-corrected chi connectivity index (χ0v) is 15.9. The molecule has 0 atom stereocenters. The lowest BCUT2D eigenvalue weighted by atomic mass is 10.0. The summed E-state index contributed by atoms with van der Waals surface area (Å²) in [6, 6.07) is 17.1. The lowest BCUT2D eigenvalue weighted by molar-refractivity contribution is -0.121. The third-order valence-electron chi connectivity index (χ3n) is 4.85. The lowest BCUT2D eigenvalue weighted by Gasteiger charge is -2.08. The maximum atomic E-state index is 11.1. The highest BCUT2D eigenvalue weighted by molar-refractivity contribution is 5.85. The van der Waals surface area contributed by atoms with Crippen LogP contribution in [0.25, 0.3) is 22.0 Å². The van der Waals surface area contributed by atoms with E-state index in [1.165, 1.54) is 16.5 Å². The summed E-state index contributed by atoms with van der Waals surface area (Å²) in [7, 11) is 0. The Labute approximate surface area is 164 Å². The van der Waals surface area contributed by atoms with Gasteiger partial charge in [-0.05, 0) is 53.6 Å². The van der Waals surface area contributed by atoms with Gasteiger partial charge in [0, 0.05) is 30.4 Å². The quantitative estimate of drug-likeness (QED) is 0.238. The molecule has 2 aromatic carbocycles. The Kier molecular flexibility index (Phi) is 7.18. The predicted molar refractivity (Wildman–Crippen MR) is 114 cm³/mol. The number of carbonyl (C=O) groups excluding carboxylic acids is 1. The Hall–Kier alpha value is -3.15. The Morgan fingerprint density at radius 1 is 0.893 bits per heavy atom. The van der Waals surface area contributed by atoms with Gasteiger partial charge in [0.15, 0.2) is 0 Å². The van der Waals surface area contributed by atoms with Gasteiger partial charge in [-0.3, -0.25) is 4.79 Å². The van der Waals surface area contributed by atoms with Crippen LogP contribution in [0.2, 0.25) is 0 Å². The van der Waals surface area contributed by atoms with Gasteiger partial charge in [-0.2, -0.15) is 0 Å². The minimum absolute atomic E-state index is 0.298. The number of hydrogen-bond donors (Lipinski definition) is 3.